The highest BCUT2D eigenvalue weighted by atomic mass is 35.5. The molecule has 144 valence electrons. The standard InChI is InChI=1S/C17H19ClN4O4S/c1-2-21(10-16(23)19-9-13-4-3-7-27-13)11-17(24)20-14-6-5-12(18)8-15(14)22(25)26/h3-8H,2,9-11H2,1H3,(H,19,23)(H,20,24)/p+1. The number of benzene rings is 1. The molecule has 2 amide bonds. The van der Waals surface area contributed by atoms with Crippen molar-refractivity contribution in [2.45, 2.75) is 13.5 Å². The van der Waals surface area contributed by atoms with Gasteiger partial charge in [0.15, 0.2) is 13.1 Å². The van der Waals surface area contributed by atoms with Gasteiger partial charge in [0.05, 0.1) is 18.0 Å². The SMILES string of the molecule is CC[NH+](CC(=O)NCc1cccs1)CC(=O)Nc1ccc(Cl)cc1[N+](=O)[O-]. The third-order valence-corrected chi connectivity index (χ3v) is 4.90. The Morgan fingerprint density at radius 2 is 2.00 bits per heavy atom. The maximum atomic E-state index is 12.3. The fraction of sp³-hybridized carbons (Fsp3) is 0.294. The van der Waals surface area contributed by atoms with Gasteiger partial charge in [-0.15, -0.1) is 11.3 Å². The number of halogens is 1. The first kappa shape index (κ1) is 20.8. The van der Waals surface area contributed by atoms with Crippen LogP contribution in [0, 0.1) is 10.1 Å². The fourth-order valence-electron chi connectivity index (χ4n) is 2.38. The van der Waals surface area contributed by atoms with Crippen LogP contribution < -0.4 is 15.5 Å². The Bertz CT molecular complexity index is 813. The van der Waals surface area contributed by atoms with Crippen molar-refractivity contribution in [1.29, 1.82) is 0 Å². The van der Waals surface area contributed by atoms with Gasteiger partial charge in [-0.1, -0.05) is 17.7 Å². The summed E-state index contributed by atoms with van der Waals surface area (Å²) in [4.78, 5) is 36.6. The third-order valence-electron chi connectivity index (χ3n) is 3.79. The Kier molecular flexibility index (Phi) is 7.71. The normalized spacial score (nSPS) is 11.6. The van der Waals surface area contributed by atoms with Crippen molar-refractivity contribution < 1.29 is 19.4 Å². The number of nitro benzene ring substituents is 1. The van der Waals surface area contributed by atoms with E-state index in [2.05, 4.69) is 10.6 Å². The minimum atomic E-state index is -0.607. The van der Waals surface area contributed by atoms with E-state index in [0.717, 1.165) is 9.78 Å². The van der Waals surface area contributed by atoms with Gasteiger partial charge in [-0.2, -0.15) is 0 Å². The summed E-state index contributed by atoms with van der Waals surface area (Å²) in [6, 6.07) is 7.88. The predicted molar refractivity (Wildman–Crippen MR) is 104 cm³/mol. The van der Waals surface area contributed by atoms with Crippen LogP contribution in [-0.2, 0) is 16.1 Å². The highest BCUT2D eigenvalue weighted by molar-refractivity contribution is 7.09. The third kappa shape index (κ3) is 6.63. The Morgan fingerprint density at radius 3 is 2.63 bits per heavy atom. The summed E-state index contributed by atoms with van der Waals surface area (Å²) < 4.78 is 0. The number of rotatable bonds is 9. The molecular weight excluding hydrogens is 392 g/mol. The molecule has 1 unspecified atom stereocenters. The molecule has 0 saturated heterocycles. The second-order valence-corrected chi connectivity index (χ2v) is 7.25. The van der Waals surface area contributed by atoms with Crippen molar-refractivity contribution in [2.24, 2.45) is 0 Å². The molecule has 1 aromatic carbocycles. The van der Waals surface area contributed by atoms with Crippen LogP contribution in [0.15, 0.2) is 35.7 Å². The molecule has 8 nitrogen and oxygen atoms in total. The molecule has 0 bridgehead atoms. The van der Waals surface area contributed by atoms with Crippen LogP contribution in [0.1, 0.15) is 11.8 Å². The highest BCUT2D eigenvalue weighted by Crippen LogP contribution is 2.27. The van der Waals surface area contributed by atoms with Crippen LogP contribution in [0.2, 0.25) is 5.02 Å². The van der Waals surface area contributed by atoms with E-state index in [1.54, 1.807) is 11.3 Å². The highest BCUT2D eigenvalue weighted by Gasteiger charge is 2.20. The Morgan fingerprint density at radius 1 is 1.26 bits per heavy atom. The molecule has 0 aliphatic rings. The number of nitro groups is 1. The van der Waals surface area contributed by atoms with Crippen LogP contribution in [-0.4, -0.2) is 36.4 Å². The number of quaternary nitrogens is 1. The lowest BCUT2D eigenvalue weighted by Gasteiger charge is -2.17. The first-order valence-electron chi connectivity index (χ1n) is 8.25. The van der Waals surface area contributed by atoms with Crippen molar-refractivity contribution >= 4 is 46.1 Å². The lowest BCUT2D eigenvalue weighted by molar-refractivity contribution is -0.881. The Hall–Kier alpha value is -2.49. The lowest BCUT2D eigenvalue weighted by atomic mass is 10.2. The molecule has 1 heterocycles. The minimum Gasteiger partial charge on any atom is -0.346 e. The smallest absolute Gasteiger partial charge is 0.294 e. The summed E-state index contributed by atoms with van der Waals surface area (Å²) in [7, 11) is 0. The molecule has 0 saturated carbocycles. The first-order chi connectivity index (χ1) is 12.9. The second kappa shape index (κ2) is 10.0. The molecule has 0 aliphatic carbocycles. The first-order valence-corrected chi connectivity index (χ1v) is 9.51. The number of hydrogen-bond donors (Lipinski definition) is 3. The summed E-state index contributed by atoms with van der Waals surface area (Å²) in [5, 5.41) is 18.6. The summed E-state index contributed by atoms with van der Waals surface area (Å²) in [5.74, 6) is -0.575. The monoisotopic (exact) mass is 411 g/mol. The van der Waals surface area contributed by atoms with Crippen molar-refractivity contribution in [3.8, 4) is 0 Å². The van der Waals surface area contributed by atoms with Crippen LogP contribution in [0.3, 0.4) is 0 Å². The number of carbonyl (C=O) groups excluding carboxylic acids is 2. The maximum Gasteiger partial charge on any atom is 0.294 e. The molecule has 0 radical (unpaired) electrons. The van der Waals surface area contributed by atoms with Gasteiger partial charge in [-0.05, 0) is 30.5 Å². The zero-order valence-corrected chi connectivity index (χ0v) is 16.2. The molecule has 10 heteroatoms. The van der Waals surface area contributed by atoms with Gasteiger partial charge in [0.2, 0.25) is 0 Å². The van der Waals surface area contributed by atoms with Gasteiger partial charge < -0.3 is 15.5 Å². The lowest BCUT2D eigenvalue weighted by Crippen LogP contribution is -3.13. The van der Waals surface area contributed by atoms with Crippen molar-refractivity contribution in [3.05, 3.63) is 55.7 Å². The largest absolute Gasteiger partial charge is 0.346 e. The summed E-state index contributed by atoms with van der Waals surface area (Å²) in [5.41, 5.74) is -0.199. The molecule has 2 rings (SSSR count). The number of likely N-dealkylation sites (N-methyl/N-ethyl adjacent to an activating group) is 1. The maximum absolute atomic E-state index is 12.3. The number of anilines is 1. The average Bonchev–Trinajstić information content (AvgIpc) is 3.14. The van der Waals surface area contributed by atoms with E-state index < -0.39 is 10.8 Å². The number of amides is 2. The van der Waals surface area contributed by atoms with Crippen molar-refractivity contribution in [1.82, 2.24) is 5.32 Å². The molecule has 0 aliphatic heterocycles. The summed E-state index contributed by atoms with van der Waals surface area (Å²) in [6.45, 7) is 3.03. The zero-order chi connectivity index (χ0) is 19.8. The predicted octanol–water partition coefficient (Wildman–Crippen LogP) is 1.47. The van der Waals surface area contributed by atoms with Crippen LogP contribution in [0.4, 0.5) is 11.4 Å². The van der Waals surface area contributed by atoms with E-state index in [-0.39, 0.29) is 35.4 Å². The second-order valence-electron chi connectivity index (χ2n) is 5.78. The topological polar surface area (TPSA) is 106 Å². The number of carbonyl (C=O) groups is 2. The average molecular weight is 412 g/mol. The van der Waals surface area contributed by atoms with E-state index in [1.165, 1.54) is 18.2 Å². The van der Waals surface area contributed by atoms with E-state index in [4.69, 9.17) is 11.6 Å². The fourth-order valence-corrected chi connectivity index (χ4v) is 3.19. The van der Waals surface area contributed by atoms with Crippen LogP contribution >= 0.6 is 22.9 Å². The van der Waals surface area contributed by atoms with Gasteiger partial charge in [-0.25, -0.2) is 0 Å². The molecule has 27 heavy (non-hydrogen) atoms. The summed E-state index contributed by atoms with van der Waals surface area (Å²) >= 11 is 7.32. The molecule has 0 fully saturated rings. The van der Waals surface area contributed by atoms with Crippen molar-refractivity contribution in [2.75, 3.05) is 25.0 Å². The van der Waals surface area contributed by atoms with Crippen molar-refractivity contribution in [3.63, 3.8) is 0 Å². The number of nitrogens with one attached hydrogen (secondary N) is 3. The van der Waals surface area contributed by atoms with Gasteiger partial charge in [-0.3, -0.25) is 19.7 Å². The van der Waals surface area contributed by atoms with Crippen LogP contribution in [0.5, 0.6) is 0 Å². The van der Waals surface area contributed by atoms with E-state index in [1.807, 2.05) is 24.4 Å². The molecule has 0 spiro atoms. The molecular formula is C17H20ClN4O4S+. The van der Waals surface area contributed by atoms with E-state index in [9.17, 15) is 19.7 Å². The summed E-state index contributed by atoms with van der Waals surface area (Å²) in [6.07, 6.45) is 0. The molecule has 1 atom stereocenters. The Labute approximate surface area is 165 Å². The number of hydrogen-bond acceptors (Lipinski definition) is 5. The Balaban J connectivity index is 1.89. The number of thiophene rings is 1. The van der Waals surface area contributed by atoms with Gasteiger partial charge in [0, 0.05) is 16.0 Å². The van der Waals surface area contributed by atoms with E-state index in [0.29, 0.717) is 13.1 Å². The van der Waals surface area contributed by atoms with Crippen LogP contribution in [0.25, 0.3) is 0 Å². The van der Waals surface area contributed by atoms with Gasteiger partial charge in [0.25, 0.3) is 17.5 Å². The minimum absolute atomic E-state index is 0.0166. The molecule has 2 aromatic rings. The van der Waals surface area contributed by atoms with E-state index >= 15 is 0 Å². The molecule has 3 N–H and O–H groups in total. The quantitative estimate of drug-likeness (QED) is 0.429. The number of nitrogens with zero attached hydrogens (tertiary/aromatic N) is 1. The van der Waals surface area contributed by atoms with Gasteiger partial charge >= 0.3 is 0 Å². The zero-order valence-electron chi connectivity index (χ0n) is 14.7. The molecule has 1 aromatic heterocycles. The van der Waals surface area contributed by atoms with Gasteiger partial charge in [0.1, 0.15) is 5.69 Å².